The third-order valence-electron chi connectivity index (χ3n) is 2.79. The van der Waals surface area contributed by atoms with E-state index in [2.05, 4.69) is 5.10 Å². The lowest BCUT2D eigenvalue weighted by Gasteiger charge is -2.21. The molecule has 0 unspecified atom stereocenters. The normalized spacial score (nSPS) is 11.7. The maximum atomic E-state index is 13.4. The maximum Gasteiger partial charge on any atom is 0.357 e. The molecule has 1 N–H and O–H groups in total. The summed E-state index contributed by atoms with van der Waals surface area (Å²) in [4.78, 5) is 11.3. The molecule has 1 aromatic carbocycles. The maximum absolute atomic E-state index is 13.4. The summed E-state index contributed by atoms with van der Waals surface area (Å²) < 4.78 is 15.5. The zero-order valence-corrected chi connectivity index (χ0v) is 13.5. The van der Waals surface area contributed by atoms with E-state index in [4.69, 9.17) is 0 Å². The van der Waals surface area contributed by atoms with Gasteiger partial charge in [-0.25, -0.2) is 13.9 Å². The molecule has 0 bridgehead atoms. The van der Waals surface area contributed by atoms with E-state index >= 15 is 0 Å². The summed E-state index contributed by atoms with van der Waals surface area (Å²) in [5, 5.41) is 13.3. The van der Waals surface area contributed by atoms with Crippen LogP contribution < -0.4 is 0 Å². The van der Waals surface area contributed by atoms with E-state index in [-0.39, 0.29) is 16.9 Å². The Labute approximate surface area is 129 Å². The number of nitrogens with zero attached hydrogens (tertiary/aromatic N) is 2. The molecule has 0 saturated heterocycles. The fraction of sp³-hybridized carbons (Fsp3) is 0.286. The smallest absolute Gasteiger partial charge is 0.357 e. The van der Waals surface area contributed by atoms with Gasteiger partial charge < -0.3 is 5.11 Å². The highest BCUT2D eigenvalue weighted by Gasteiger charge is 2.29. The van der Waals surface area contributed by atoms with E-state index in [0.717, 1.165) is 5.69 Å². The van der Waals surface area contributed by atoms with Crippen LogP contribution in [0.15, 0.2) is 24.3 Å². The molecule has 106 valence electrons. The standard InChI is InChI=1S/C14H14FIN2O2/c1-14(2,3)12-10(16)11(13(19)20)17-18(12)9-6-4-5-8(15)7-9/h4-7H,1-3H3,(H,19,20). The van der Waals surface area contributed by atoms with E-state index in [0.29, 0.717) is 9.26 Å². The third kappa shape index (κ3) is 2.70. The minimum atomic E-state index is -1.09. The molecule has 1 aromatic heterocycles. The van der Waals surface area contributed by atoms with Crippen LogP contribution in [0.3, 0.4) is 0 Å². The van der Waals surface area contributed by atoms with Crippen LogP contribution in [0.25, 0.3) is 5.69 Å². The van der Waals surface area contributed by atoms with E-state index in [1.165, 1.54) is 16.8 Å². The Morgan fingerprint density at radius 1 is 1.40 bits per heavy atom. The summed E-state index contributed by atoms with van der Waals surface area (Å²) in [6.45, 7) is 5.90. The van der Waals surface area contributed by atoms with Crippen LogP contribution in [0.2, 0.25) is 0 Å². The van der Waals surface area contributed by atoms with Crippen molar-refractivity contribution < 1.29 is 14.3 Å². The highest BCUT2D eigenvalue weighted by molar-refractivity contribution is 14.1. The Bertz CT molecular complexity index is 674. The van der Waals surface area contributed by atoms with Gasteiger partial charge in [-0.1, -0.05) is 26.8 Å². The first kappa shape index (κ1) is 15.0. The zero-order valence-electron chi connectivity index (χ0n) is 11.3. The average Bonchev–Trinajstić information content (AvgIpc) is 2.66. The minimum Gasteiger partial charge on any atom is -0.476 e. The van der Waals surface area contributed by atoms with E-state index in [1.807, 2.05) is 43.4 Å². The van der Waals surface area contributed by atoms with Gasteiger partial charge in [0.25, 0.3) is 0 Å². The van der Waals surface area contributed by atoms with Gasteiger partial charge in [0.15, 0.2) is 5.69 Å². The molecule has 2 rings (SSSR count). The Morgan fingerprint density at radius 2 is 2.05 bits per heavy atom. The van der Waals surface area contributed by atoms with Crippen molar-refractivity contribution in [2.24, 2.45) is 0 Å². The van der Waals surface area contributed by atoms with Gasteiger partial charge in [0.2, 0.25) is 0 Å². The lowest BCUT2D eigenvalue weighted by Crippen LogP contribution is -2.18. The Hall–Kier alpha value is -1.44. The number of aromatic carboxylic acids is 1. The molecular formula is C14H14FIN2O2. The number of carbonyl (C=O) groups is 1. The van der Waals surface area contributed by atoms with Crippen LogP contribution in [-0.2, 0) is 5.41 Å². The Kier molecular flexibility index (Phi) is 3.86. The molecule has 0 atom stereocenters. The summed E-state index contributed by atoms with van der Waals surface area (Å²) in [5.41, 5.74) is 0.935. The molecule has 6 heteroatoms. The molecule has 0 amide bonds. The topological polar surface area (TPSA) is 55.1 Å². The molecule has 1 heterocycles. The highest BCUT2D eigenvalue weighted by atomic mass is 127. The van der Waals surface area contributed by atoms with Gasteiger partial charge in [-0.3, -0.25) is 0 Å². The van der Waals surface area contributed by atoms with Gasteiger partial charge in [0.05, 0.1) is 15.0 Å². The number of halogens is 2. The van der Waals surface area contributed by atoms with E-state index in [9.17, 15) is 14.3 Å². The molecule has 0 aliphatic heterocycles. The average molecular weight is 388 g/mol. The molecule has 0 fully saturated rings. The number of aromatic nitrogens is 2. The van der Waals surface area contributed by atoms with Crippen LogP contribution in [0.5, 0.6) is 0 Å². The number of carboxylic acid groups (broad SMARTS) is 1. The van der Waals surface area contributed by atoms with Gasteiger partial charge in [0.1, 0.15) is 5.82 Å². The SMILES string of the molecule is CC(C)(C)c1c(I)c(C(=O)O)nn1-c1cccc(F)c1. The molecule has 0 saturated carbocycles. The lowest BCUT2D eigenvalue weighted by atomic mass is 9.91. The van der Waals surface area contributed by atoms with Crippen molar-refractivity contribution in [2.75, 3.05) is 0 Å². The monoisotopic (exact) mass is 388 g/mol. The third-order valence-corrected chi connectivity index (χ3v) is 3.82. The number of carboxylic acids is 1. The molecule has 2 aromatic rings. The quantitative estimate of drug-likeness (QED) is 0.800. The first-order valence-electron chi connectivity index (χ1n) is 6.00. The minimum absolute atomic E-state index is 0.0141. The number of benzene rings is 1. The van der Waals surface area contributed by atoms with Crippen molar-refractivity contribution in [1.29, 1.82) is 0 Å². The van der Waals surface area contributed by atoms with Crippen molar-refractivity contribution in [1.82, 2.24) is 9.78 Å². The molecule has 0 spiro atoms. The van der Waals surface area contributed by atoms with Crippen molar-refractivity contribution >= 4 is 28.6 Å². The predicted molar refractivity (Wildman–Crippen MR) is 81.9 cm³/mol. The fourth-order valence-corrected chi connectivity index (χ4v) is 3.35. The van der Waals surface area contributed by atoms with Crippen molar-refractivity contribution in [3.63, 3.8) is 0 Å². The molecule has 0 aliphatic carbocycles. The lowest BCUT2D eigenvalue weighted by molar-refractivity contribution is 0.0689. The molecule has 0 aliphatic rings. The van der Waals surface area contributed by atoms with Gasteiger partial charge in [0, 0.05) is 5.41 Å². The van der Waals surface area contributed by atoms with Crippen molar-refractivity contribution in [3.05, 3.63) is 45.0 Å². The Balaban J connectivity index is 2.75. The second-order valence-corrected chi connectivity index (χ2v) is 6.54. The molecule has 20 heavy (non-hydrogen) atoms. The van der Waals surface area contributed by atoms with Crippen LogP contribution >= 0.6 is 22.6 Å². The van der Waals surface area contributed by atoms with Gasteiger partial charge >= 0.3 is 5.97 Å². The molecule has 4 nitrogen and oxygen atoms in total. The largest absolute Gasteiger partial charge is 0.476 e. The summed E-state index contributed by atoms with van der Waals surface area (Å²) in [7, 11) is 0. The van der Waals surface area contributed by atoms with Gasteiger partial charge in [-0.15, -0.1) is 0 Å². The molecule has 0 radical (unpaired) electrons. The number of rotatable bonds is 2. The van der Waals surface area contributed by atoms with Crippen LogP contribution in [0, 0.1) is 9.39 Å². The summed E-state index contributed by atoms with van der Waals surface area (Å²) in [6.07, 6.45) is 0. The summed E-state index contributed by atoms with van der Waals surface area (Å²) in [6, 6.07) is 5.95. The highest BCUT2D eigenvalue weighted by Crippen LogP contribution is 2.31. The van der Waals surface area contributed by atoms with Gasteiger partial charge in [-0.2, -0.15) is 5.10 Å². The summed E-state index contributed by atoms with van der Waals surface area (Å²) in [5.74, 6) is -1.47. The first-order chi connectivity index (χ1) is 9.21. The Morgan fingerprint density at radius 3 is 2.55 bits per heavy atom. The second-order valence-electron chi connectivity index (χ2n) is 5.46. The van der Waals surface area contributed by atoms with Gasteiger partial charge in [-0.05, 0) is 40.8 Å². The first-order valence-corrected chi connectivity index (χ1v) is 7.08. The summed E-state index contributed by atoms with van der Waals surface area (Å²) >= 11 is 1.98. The van der Waals surface area contributed by atoms with E-state index in [1.54, 1.807) is 12.1 Å². The second kappa shape index (κ2) is 5.16. The van der Waals surface area contributed by atoms with Crippen LogP contribution in [-0.4, -0.2) is 20.9 Å². The van der Waals surface area contributed by atoms with Crippen molar-refractivity contribution in [2.45, 2.75) is 26.2 Å². The number of hydrogen-bond acceptors (Lipinski definition) is 2. The zero-order chi connectivity index (χ0) is 15.1. The van der Waals surface area contributed by atoms with Crippen LogP contribution in [0.1, 0.15) is 37.0 Å². The number of hydrogen-bond donors (Lipinski definition) is 1. The van der Waals surface area contributed by atoms with E-state index < -0.39 is 5.97 Å². The van der Waals surface area contributed by atoms with Crippen LogP contribution in [0.4, 0.5) is 4.39 Å². The predicted octanol–water partition coefficient (Wildman–Crippen LogP) is 3.61. The van der Waals surface area contributed by atoms with Crippen molar-refractivity contribution in [3.8, 4) is 5.69 Å². The molecular weight excluding hydrogens is 374 g/mol. The fourth-order valence-electron chi connectivity index (χ4n) is 1.98.